The third-order valence-corrected chi connectivity index (χ3v) is 2.22. The lowest BCUT2D eigenvalue weighted by Gasteiger charge is -1.96. The van der Waals surface area contributed by atoms with Crippen LogP contribution in [0.2, 0.25) is 0 Å². The van der Waals surface area contributed by atoms with Gasteiger partial charge in [-0.3, -0.25) is 0 Å². The molecule has 2 aromatic rings. The monoisotopic (exact) mass is 271 g/mol. The van der Waals surface area contributed by atoms with Crippen LogP contribution in [0.3, 0.4) is 0 Å². The first kappa shape index (κ1) is 10.3. The van der Waals surface area contributed by atoms with Gasteiger partial charge >= 0.3 is 0 Å². The molecular weight excluding hydrogens is 265 g/mol. The molecule has 0 fully saturated rings. The molecule has 0 aliphatic heterocycles. The molecule has 0 saturated carbocycles. The fraction of sp³-hybridized carbons (Fsp3) is 0.111. The first-order valence-electron chi connectivity index (χ1n) is 4.18. The molecule has 4 nitrogen and oxygen atoms in total. The van der Waals surface area contributed by atoms with Crippen LogP contribution in [0.25, 0.3) is 11.4 Å². The summed E-state index contributed by atoms with van der Waals surface area (Å²) in [5.74, 6) is 0.291. The second kappa shape index (κ2) is 4.08. The van der Waals surface area contributed by atoms with Crippen LogP contribution in [-0.2, 0) is 6.54 Å². The molecule has 0 aliphatic carbocycles. The number of benzene rings is 1. The van der Waals surface area contributed by atoms with Crippen LogP contribution in [-0.4, -0.2) is 10.1 Å². The highest BCUT2D eigenvalue weighted by molar-refractivity contribution is 9.10. The third-order valence-electron chi connectivity index (χ3n) is 1.76. The van der Waals surface area contributed by atoms with Gasteiger partial charge in [0.15, 0.2) is 0 Å². The highest BCUT2D eigenvalue weighted by Crippen LogP contribution is 2.22. The summed E-state index contributed by atoms with van der Waals surface area (Å²) < 4.78 is 18.5. The van der Waals surface area contributed by atoms with Gasteiger partial charge in [0.05, 0.1) is 6.54 Å². The molecule has 1 aromatic heterocycles. The topological polar surface area (TPSA) is 64.9 Å². The van der Waals surface area contributed by atoms with Gasteiger partial charge in [-0.25, -0.2) is 4.39 Å². The lowest BCUT2D eigenvalue weighted by Crippen LogP contribution is -1.95. The number of hydrogen-bond acceptors (Lipinski definition) is 4. The molecule has 0 radical (unpaired) electrons. The molecule has 2 N–H and O–H groups in total. The zero-order valence-corrected chi connectivity index (χ0v) is 9.16. The maximum Gasteiger partial charge on any atom is 0.240 e. The summed E-state index contributed by atoms with van der Waals surface area (Å²) in [6.07, 6.45) is 0. The molecule has 0 saturated heterocycles. The van der Waals surface area contributed by atoms with E-state index < -0.39 is 0 Å². The molecule has 15 heavy (non-hydrogen) atoms. The Bertz CT molecular complexity index is 466. The first-order chi connectivity index (χ1) is 7.19. The number of halogens is 2. The lowest BCUT2D eigenvalue weighted by atomic mass is 10.2. The number of nitrogens with zero attached hydrogens (tertiary/aromatic N) is 2. The van der Waals surface area contributed by atoms with Crippen molar-refractivity contribution in [2.75, 3.05) is 0 Å². The van der Waals surface area contributed by atoms with E-state index in [2.05, 4.69) is 26.1 Å². The van der Waals surface area contributed by atoms with Crippen LogP contribution >= 0.6 is 15.9 Å². The van der Waals surface area contributed by atoms with Crippen molar-refractivity contribution in [2.45, 2.75) is 6.54 Å². The second-order valence-corrected chi connectivity index (χ2v) is 3.79. The summed E-state index contributed by atoms with van der Waals surface area (Å²) in [4.78, 5) is 3.99. The highest BCUT2D eigenvalue weighted by atomic mass is 79.9. The van der Waals surface area contributed by atoms with E-state index in [4.69, 9.17) is 10.3 Å². The first-order valence-corrected chi connectivity index (χ1v) is 4.97. The molecule has 0 bridgehead atoms. The Morgan fingerprint density at radius 3 is 2.80 bits per heavy atom. The molecule has 78 valence electrons. The van der Waals surface area contributed by atoms with Gasteiger partial charge in [-0.05, 0) is 18.2 Å². The average Bonchev–Trinajstić information content (AvgIpc) is 2.64. The van der Waals surface area contributed by atoms with Crippen molar-refractivity contribution < 1.29 is 8.91 Å². The summed E-state index contributed by atoms with van der Waals surface area (Å²) in [6.45, 7) is 0.170. The highest BCUT2D eigenvalue weighted by Gasteiger charge is 2.09. The number of rotatable bonds is 2. The van der Waals surface area contributed by atoms with Crippen molar-refractivity contribution in [1.29, 1.82) is 0 Å². The fourth-order valence-electron chi connectivity index (χ4n) is 1.14. The smallest absolute Gasteiger partial charge is 0.240 e. The van der Waals surface area contributed by atoms with Crippen molar-refractivity contribution in [3.8, 4) is 11.4 Å². The maximum atomic E-state index is 13.1. The van der Waals surface area contributed by atoms with Crippen LogP contribution in [0.4, 0.5) is 4.39 Å². The Morgan fingerprint density at radius 2 is 2.20 bits per heavy atom. The summed E-state index contributed by atoms with van der Waals surface area (Å²) in [5.41, 5.74) is 5.87. The van der Waals surface area contributed by atoms with Gasteiger partial charge < -0.3 is 10.3 Å². The van der Waals surface area contributed by atoms with E-state index in [9.17, 15) is 4.39 Å². The molecule has 1 aromatic carbocycles. The van der Waals surface area contributed by atoms with Gasteiger partial charge in [-0.1, -0.05) is 21.1 Å². The van der Waals surface area contributed by atoms with Crippen LogP contribution in [0.5, 0.6) is 0 Å². The predicted octanol–water partition coefficient (Wildman–Crippen LogP) is 2.10. The largest absolute Gasteiger partial charge is 0.338 e. The van der Waals surface area contributed by atoms with Gasteiger partial charge in [0.2, 0.25) is 11.7 Å². The standard InChI is InChI=1S/C9H7BrFN3O/c10-6-1-5(2-7(11)3-6)9-13-8(4-12)15-14-9/h1-3H,4,12H2. The SMILES string of the molecule is NCc1nc(-c2cc(F)cc(Br)c2)no1. The van der Waals surface area contributed by atoms with Crippen molar-refractivity contribution in [1.82, 2.24) is 10.1 Å². The molecule has 6 heteroatoms. The number of aromatic nitrogens is 2. The summed E-state index contributed by atoms with van der Waals surface area (Å²) >= 11 is 3.18. The molecule has 2 rings (SSSR count). The lowest BCUT2D eigenvalue weighted by molar-refractivity contribution is 0.380. The molecule has 1 heterocycles. The van der Waals surface area contributed by atoms with Crippen LogP contribution in [0.1, 0.15) is 5.89 Å². The van der Waals surface area contributed by atoms with Gasteiger partial charge in [0, 0.05) is 10.0 Å². The van der Waals surface area contributed by atoms with Gasteiger partial charge in [-0.2, -0.15) is 4.98 Å². The van der Waals surface area contributed by atoms with Crippen molar-refractivity contribution in [2.24, 2.45) is 5.73 Å². The van der Waals surface area contributed by atoms with E-state index >= 15 is 0 Å². The second-order valence-electron chi connectivity index (χ2n) is 2.87. The third kappa shape index (κ3) is 2.21. The number of nitrogens with two attached hydrogens (primary N) is 1. The Balaban J connectivity index is 2.44. The van der Waals surface area contributed by atoms with E-state index in [1.165, 1.54) is 12.1 Å². The minimum atomic E-state index is -0.363. The zero-order chi connectivity index (χ0) is 10.8. The van der Waals surface area contributed by atoms with E-state index in [1.54, 1.807) is 6.07 Å². The van der Waals surface area contributed by atoms with Crippen molar-refractivity contribution >= 4 is 15.9 Å². The molecule has 0 aliphatic rings. The molecular formula is C9H7BrFN3O. The van der Waals surface area contributed by atoms with E-state index in [1.807, 2.05) is 0 Å². The zero-order valence-electron chi connectivity index (χ0n) is 7.58. The van der Waals surface area contributed by atoms with E-state index in [0.717, 1.165) is 0 Å². The van der Waals surface area contributed by atoms with Crippen molar-refractivity contribution in [3.63, 3.8) is 0 Å². The summed E-state index contributed by atoms with van der Waals surface area (Å²) in [6, 6.07) is 4.39. The maximum absolute atomic E-state index is 13.1. The minimum Gasteiger partial charge on any atom is -0.338 e. The predicted molar refractivity (Wildman–Crippen MR) is 55.3 cm³/mol. The minimum absolute atomic E-state index is 0.170. The molecule has 0 unspecified atom stereocenters. The van der Waals surface area contributed by atoms with Crippen LogP contribution < -0.4 is 5.73 Å². The number of hydrogen-bond donors (Lipinski definition) is 1. The Labute approximate surface area is 93.4 Å². The Morgan fingerprint density at radius 1 is 1.40 bits per heavy atom. The van der Waals surface area contributed by atoms with Gasteiger partial charge in [0.25, 0.3) is 0 Å². The van der Waals surface area contributed by atoms with Gasteiger partial charge in [-0.15, -0.1) is 0 Å². The Hall–Kier alpha value is -1.27. The van der Waals surface area contributed by atoms with Crippen LogP contribution in [0.15, 0.2) is 27.2 Å². The molecule has 0 amide bonds. The molecule has 0 spiro atoms. The average molecular weight is 272 g/mol. The summed E-state index contributed by atoms with van der Waals surface area (Å²) in [7, 11) is 0. The van der Waals surface area contributed by atoms with E-state index in [0.29, 0.717) is 21.8 Å². The van der Waals surface area contributed by atoms with Gasteiger partial charge in [0.1, 0.15) is 5.82 Å². The Kier molecular flexibility index (Phi) is 2.79. The fourth-order valence-corrected chi connectivity index (χ4v) is 1.60. The normalized spacial score (nSPS) is 10.6. The van der Waals surface area contributed by atoms with E-state index in [-0.39, 0.29) is 12.4 Å². The van der Waals surface area contributed by atoms with Crippen LogP contribution in [0, 0.1) is 5.82 Å². The summed E-state index contributed by atoms with van der Waals surface area (Å²) in [5, 5.41) is 3.69. The quantitative estimate of drug-likeness (QED) is 0.909. The van der Waals surface area contributed by atoms with Crippen molar-refractivity contribution in [3.05, 3.63) is 34.4 Å². The molecule has 0 atom stereocenters.